The highest BCUT2D eigenvalue weighted by Crippen LogP contribution is 2.29. The van der Waals surface area contributed by atoms with E-state index in [0.29, 0.717) is 31.3 Å². The molecule has 1 atom stereocenters. The first kappa shape index (κ1) is 17.8. The minimum atomic E-state index is -0.209. The van der Waals surface area contributed by atoms with Crippen molar-refractivity contribution >= 4 is 0 Å². The molecule has 0 heterocycles. The molecule has 0 radical (unpaired) electrons. The van der Waals surface area contributed by atoms with Crippen molar-refractivity contribution in [3.8, 4) is 11.5 Å². The zero-order chi connectivity index (χ0) is 15.9. The number of hydrogen-bond donors (Lipinski definition) is 1. The monoisotopic (exact) mass is 297 g/mol. The summed E-state index contributed by atoms with van der Waals surface area (Å²) in [5.41, 5.74) is 6.92. The van der Waals surface area contributed by atoms with Crippen molar-refractivity contribution in [3.05, 3.63) is 23.8 Å². The summed E-state index contributed by atoms with van der Waals surface area (Å²) in [6.07, 6.45) is 0. The van der Waals surface area contributed by atoms with E-state index in [1.807, 2.05) is 39.0 Å². The van der Waals surface area contributed by atoms with Gasteiger partial charge in [0, 0.05) is 0 Å². The minimum Gasteiger partial charge on any atom is -0.493 e. The Morgan fingerprint density at radius 2 is 1.71 bits per heavy atom. The highest BCUT2D eigenvalue weighted by atomic mass is 16.5. The van der Waals surface area contributed by atoms with Crippen LogP contribution in [0, 0.1) is 0 Å². The van der Waals surface area contributed by atoms with E-state index in [1.54, 1.807) is 14.2 Å². The van der Waals surface area contributed by atoms with Gasteiger partial charge in [-0.2, -0.15) is 0 Å². The van der Waals surface area contributed by atoms with Gasteiger partial charge in [0.1, 0.15) is 0 Å². The first-order chi connectivity index (χ1) is 9.87. The van der Waals surface area contributed by atoms with E-state index in [4.69, 9.17) is 24.7 Å². The molecule has 0 aliphatic heterocycles. The van der Waals surface area contributed by atoms with Crippen molar-refractivity contribution in [2.45, 2.75) is 32.4 Å². The molecule has 0 saturated heterocycles. The van der Waals surface area contributed by atoms with Crippen molar-refractivity contribution in [3.63, 3.8) is 0 Å². The molecule has 0 fully saturated rings. The lowest BCUT2D eigenvalue weighted by atomic mass is 10.1. The third-order valence-electron chi connectivity index (χ3n) is 2.90. The van der Waals surface area contributed by atoms with Crippen molar-refractivity contribution in [1.82, 2.24) is 0 Å². The summed E-state index contributed by atoms with van der Waals surface area (Å²) < 4.78 is 21.6. The highest BCUT2D eigenvalue weighted by Gasteiger charge is 2.12. The Kier molecular flexibility index (Phi) is 6.95. The lowest BCUT2D eigenvalue weighted by Gasteiger charge is -2.20. The van der Waals surface area contributed by atoms with Crippen LogP contribution in [0.4, 0.5) is 0 Å². The van der Waals surface area contributed by atoms with Gasteiger partial charge >= 0.3 is 0 Å². The molecule has 1 rings (SSSR count). The van der Waals surface area contributed by atoms with Crippen LogP contribution in [-0.4, -0.2) is 39.6 Å². The molecule has 1 aromatic carbocycles. The largest absolute Gasteiger partial charge is 0.493 e. The summed E-state index contributed by atoms with van der Waals surface area (Å²) in [7, 11) is 3.21. The van der Waals surface area contributed by atoms with Crippen LogP contribution in [0.1, 0.15) is 32.4 Å². The van der Waals surface area contributed by atoms with Crippen LogP contribution < -0.4 is 15.2 Å². The molecule has 5 heteroatoms. The summed E-state index contributed by atoms with van der Waals surface area (Å²) in [6, 6.07) is 5.43. The predicted octanol–water partition coefficient (Wildman–Crippen LogP) is 2.54. The van der Waals surface area contributed by atoms with E-state index >= 15 is 0 Å². The number of nitrogens with two attached hydrogens (primary N) is 1. The summed E-state index contributed by atoms with van der Waals surface area (Å²) in [4.78, 5) is 0. The third kappa shape index (κ3) is 6.33. The molecule has 0 spiro atoms. The second kappa shape index (κ2) is 8.22. The van der Waals surface area contributed by atoms with Crippen molar-refractivity contribution < 1.29 is 18.9 Å². The Morgan fingerprint density at radius 1 is 1.05 bits per heavy atom. The summed E-state index contributed by atoms with van der Waals surface area (Å²) in [5, 5.41) is 0. The molecule has 5 nitrogen and oxygen atoms in total. The van der Waals surface area contributed by atoms with E-state index in [9.17, 15) is 0 Å². The second-order valence-corrected chi connectivity index (χ2v) is 5.76. The topological polar surface area (TPSA) is 62.9 Å². The van der Waals surface area contributed by atoms with Crippen LogP contribution in [0.15, 0.2) is 18.2 Å². The molecule has 0 aliphatic rings. The van der Waals surface area contributed by atoms with Gasteiger partial charge < -0.3 is 24.7 Å². The van der Waals surface area contributed by atoms with Crippen molar-refractivity contribution in [2.24, 2.45) is 5.73 Å². The first-order valence-electron chi connectivity index (χ1n) is 7.06. The molecule has 0 saturated carbocycles. The number of ether oxygens (including phenoxy) is 4. The average molecular weight is 297 g/mol. The predicted molar refractivity (Wildman–Crippen MR) is 83.0 cm³/mol. The molecule has 0 amide bonds. The highest BCUT2D eigenvalue weighted by molar-refractivity contribution is 5.43. The van der Waals surface area contributed by atoms with Gasteiger partial charge in [0.05, 0.1) is 45.7 Å². The van der Waals surface area contributed by atoms with E-state index in [-0.39, 0.29) is 11.6 Å². The fraction of sp³-hybridized carbons (Fsp3) is 0.625. The summed E-state index contributed by atoms with van der Waals surface area (Å²) >= 11 is 0. The molecular weight excluding hydrogens is 270 g/mol. The molecule has 1 unspecified atom stereocenters. The molecule has 21 heavy (non-hydrogen) atoms. The first-order valence-corrected chi connectivity index (χ1v) is 7.06. The number of benzene rings is 1. The van der Waals surface area contributed by atoms with Crippen LogP contribution >= 0.6 is 0 Å². The van der Waals surface area contributed by atoms with Gasteiger partial charge in [-0.25, -0.2) is 0 Å². The Hall–Kier alpha value is -1.30. The summed E-state index contributed by atoms with van der Waals surface area (Å²) in [5.74, 6) is 1.36. The molecule has 120 valence electrons. The van der Waals surface area contributed by atoms with Gasteiger partial charge in [-0.05, 0) is 38.5 Å². The lowest BCUT2D eigenvalue weighted by Crippen LogP contribution is -2.23. The second-order valence-electron chi connectivity index (χ2n) is 5.76. The van der Waals surface area contributed by atoms with E-state index in [2.05, 4.69) is 0 Å². The average Bonchev–Trinajstić information content (AvgIpc) is 2.44. The molecule has 0 aromatic heterocycles. The van der Waals surface area contributed by atoms with Gasteiger partial charge in [0.25, 0.3) is 0 Å². The zero-order valence-corrected chi connectivity index (χ0v) is 13.6. The van der Waals surface area contributed by atoms with Gasteiger partial charge in [-0.3, -0.25) is 0 Å². The minimum absolute atomic E-state index is 0.144. The van der Waals surface area contributed by atoms with Crippen LogP contribution in [0.25, 0.3) is 0 Å². The maximum absolute atomic E-state index is 6.12. The zero-order valence-electron chi connectivity index (χ0n) is 13.6. The number of rotatable bonds is 8. The molecule has 1 aromatic rings. The maximum Gasteiger partial charge on any atom is 0.161 e. The van der Waals surface area contributed by atoms with Gasteiger partial charge in [-0.1, -0.05) is 6.07 Å². The van der Waals surface area contributed by atoms with Crippen LogP contribution in [0.2, 0.25) is 0 Å². The lowest BCUT2D eigenvalue weighted by molar-refractivity contribution is -0.0363. The Morgan fingerprint density at radius 3 is 2.29 bits per heavy atom. The number of hydrogen-bond acceptors (Lipinski definition) is 5. The van der Waals surface area contributed by atoms with Crippen molar-refractivity contribution in [2.75, 3.05) is 34.0 Å². The van der Waals surface area contributed by atoms with E-state index in [0.717, 1.165) is 5.56 Å². The standard InChI is InChI=1S/C16H27NO4/c1-16(2,3)21-9-8-20-11-13(17)12-6-7-14(18-4)15(10-12)19-5/h6-7,10,13H,8-9,11,17H2,1-5H3. The fourth-order valence-corrected chi connectivity index (χ4v) is 1.80. The fourth-order valence-electron chi connectivity index (χ4n) is 1.80. The molecule has 0 bridgehead atoms. The molecule has 2 N–H and O–H groups in total. The van der Waals surface area contributed by atoms with Gasteiger partial charge in [0.15, 0.2) is 11.5 Å². The normalized spacial score (nSPS) is 13.0. The quantitative estimate of drug-likeness (QED) is 0.747. The Labute approximate surface area is 127 Å². The van der Waals surface area contributed by atoms with E-state index < -0.39 is 0 Å². The molecular formula is C16H27NO4. The number of methoxy groups -OCH3 is 2. The van der Waals surface area contributed by atoms with Gasteiger partial charge in [-0.15, -0.1) is 0 Å². The Bertz CT molecular complexity index is 429. The molecule has 0 aliphatic carbocycles. The van der Waals surface area contributed by atoms with Gasteiger partial charge in [0.2, 0.25) is 0 Å². The van der Waals surface area contributed by atoms with Crippen LogP contribution in [0.5, 0.6) is 11.5 Å². The van der Waals surface area contributed by atoms with Crippen molar-refractivity contribution in [1.29, 1.82) is 0 Å². The van der Waals surface area contributed by atoms with Crippen LogP contribution in [-0.2, 0) is 9.47 Å². The maximum atomic E-state index is 6.12. The van der Waals surface area contributed by atoms with Crippen LogP contribution in [0.3, 0.4) is 0 Å². The summed E-state index contributed by atoms with van der Waals surface area (Å²) in [6.45, 7) is 7.57. The third-order valence-corrected chi connectivity index (χ3v) is 2.90. The Balaban J connectivity index is 2.43. The van der Waals surface area contributed by atoms with E-state index in [1.165, 1.54) is 0 Å². The SMILES string of the molecule is COc1ccc(C(N)COCCOC(C)(C)C)cc1OC. The smallest absolute Gasteiger partial charge is 0.161 e.